The van der Waals surface area contributed by atoms with Crippen LogP contribution in [0.3, 0.4) is 0 Å². The Kier molecular flexibility index (Phi) is 6.08. The number of rotatable bonds is 4. The van der Waals surface area contributed by atoms with Gasteiger partial charge in [-0.3, -0.25) is 0 Å². The molecule has 0 N–H and O–H groups in total. The molecule has 0 amide bonds. The van der Waals surface area contributed by atoms with Crippen LogP contribution >= 0.6 is 0 Å². The molecular formula is C44H28N2O2S. The van der Waals surface area contributed by atoms with E-state index in [9.17, 15) is 0 Å². The molecule has 232 valence electrons. The molecule has 3 heterocycles. The number of hydrogen-bond donors (Lipinski definition) is 0. The van der Waals surface area contributed by atoms with Crippen LogP contribution in [0.4, 0.5) is 5.69 Å². The second-order valence-electron chi connectivity index (χ2n) is 12.4. The van der Waals surface area contributed by atoms with Gasteiger partial charge in [0.2, 0.25) is 0 Å². The zero-order chi connectivity index (χ0) is 32.5. The summed E-state index contributed by atoms with van der Waals surface area (Å²) in [5.41, 5.74) is 9.75. The van der Waals surface area contributed by atoms with E-state index in [4.69, 9.17) is 8.78 Å². The first kappa shape index (κ1) is 27.9. The molecule has 49 heavy (non-hydrogen) atoms. The molecular weight excluding hydrogens is 621 g/mol. The summed E-state index contributed by atoms with van der Waals surface area (Å²) in [7, 11) is -3.00. The van der Waals surface area contributed by atoms with Crippen LogP contribution in [-0.4, -0.2) is 8.78 Å². The molecule has 0 saturated carbocycles. The molecule has 0 spiro atoms. The van der Waals surface area contributed by atoms with Crippen molar-refractivity contribution in [2.75, 3.05) is 0 Å². The molecule has 4 nitrogen and oxygen atoms in total. The second kappa shape index (κ2) is 10.7. The van der Waals surface area contributed by atoms with Gasteiger partial charge in [-0.05, 0) is 83.9 Å². The van der Waals surface area contributed by atoms with Crippen molar-refractivity contribution in [1.82, 2.24) is 4.57 Å². The van der Waals surface area contributed by atoms with Crippen LogP contribution in [0.5, 0.6) is 0 Å². The van der Waals surface area contributed by atoms with Crippen molar-refractivity contribution in [3.63, 3.8) is 0 Å². The van der Waals surface area contributed by atoms with Crippen LogP contribution in [-0.2, 0) is 9.73 Å². The number of aromatic nitrogens is 1. The van der Waals surface area contributed by atoms with E-state index in [0.29, 0.717) is 9.80 Å². The van der Waals surface area contributed by atoms with Crippen molar-refractivity contribution in [1.29, 1.82) is 0 Å². The fourth-order valence-corrected chi connectivity index (χ4v) is 9.51. The third-order valence-corrected chi connectivity index (χ3v) is 11.9. The van der Waals surface area contributed by atoms with Crippen molar-refractivity contribution in [3.8, 4) is 16.8 Å². The first-order valence-electron chi connectivity index (χ1n) is 16.3. The molecule has 2 aromatic heterocycles. The molecule has 1 aliphatic heterocycles. The van der Waals surface area contributed by atoms with Crippen LogP contribution < -0.4 is 0 Å². The van der Waals surface area contributed by atoms with Gasteiger partial charge in [-0.25, -0.2) is 4.21 Å². The molecule has 10 rings (SSSR count). The van der Waals surface area contributed by atoms with Crippen LogP contribution in [0.25, 0.3) is 71.5 Å². The maximum Gasteiger partial charge on any atom is 0.136 e. The summed E-state index contributed by atoms with van der Waals surface area (Å²) >= 11 is 0. The lowest BCUT2D eigenvalue weighted by atomic mass is 9.99. The van der Waals surface area contributed by atoms with E-state index in [1.165, 1.54) is 16.3 Å². The molecule has 0 bridgehead atoms. The average Bonchev–Trinajstić information content (AvgIpc) is 3.70. The zero-order valence-electron chi connectivity index (χ0n) is 26.3. The largest absolute Gasteiger partial charge is 0.456 e. The minimum Gasteiger partial charge on any atom is -0.456 e. The lowest BCUT2D eigenvalue weighted by Crippen LogP contribution is -2.07. The highest BCUT2D eigenvalue weighted by Crippen LogP contribution is 2.45. The van der Waals surface area contributed by atoms with Crippen molar-refractivity contribution in [3.05, 3.63) is 175 Å². The van der Waals surface area contributed by atoms with Gasteiger partial charge in [0.1, 0.15) is 20.9 Å². The van der Waals surface area contributed by atoms with E-state index in [1.54, 1.807) is 0 Å². The average molecular weight is 649 g/mol. The fraction of sp³-hybridized carbons (Fsp3) is 0. The first-order chi connectivity index (χ1) is 24.2. The number of benzene rings is 7. The summed E-state index contributed by atoms with van der Waals surface area (Å²) < 4.78 is 28.9. The van der Waals surface area contributed by atoms with Gasteiger partial charge in [0.25, 0.3) is 0 Å². The number of fused-ring (bicyclic) bond motifs is 7. The number of hydrogen-bond acceptors (Lipinski definition) is 3. The summed E-state index contributed by atoms with van der Waals surface area (Å²) in [5.74, 6) is 0. The standard InChI is InChI=1S/C44H28N2O2S/c47-49(33-15-5-2-6-16-33)43(28-31-12-7-9-19-38(31)45-49)35-18-11-21-42-44(35)37-27-30(23-25-41(37)48-42)29-22-24-40-36(26-29)34-17-8-10-20-39(34)46(40)32-13-3-1-4-14-32/h1-28H. The van der Waals surface area contributed by atoms with E-state index in [1.807, 2.05) is 78.9 Å². The molecule has 0 aliphatic carbocycles. The molecule has 1 aliphatic rings. The Morgan fingerprint density at radius 3 is 2.10 bits per heavy atom. The van der Waals surface area contributed by atoms with Gasteiger partial charge in [-0.15, -0.1) is 0 Å². The molecule has 5 heteroatoms. The lowest BCUT2D eigenvalue weighted by molar-refractivity contribution is 0.669. The van der Waals surface area contributed by atoms with E-state index in [0.717, 1.165) is 61.1 Å². The summed E-state index contributed by atoms with van der Waals surface area (Å²) in [6.07, 6.45) is 2.05. The third kappa shape index (κ3) is 4.26. The van der Waals surface area contributed by atoms with Crippen LogP contribution in [0.15, 0.2) is 177 Å². The van der Waals surface area contributed by atoms with Crippen molar-refractivity contribution < 1.29 is 8.63 Å². The quantitative estimate of drug-likeness (QED) is 0.191. The number of para-hydroxylation sites is 2. The Hall–Kier alpha value is -6.17. The highest BCUT2D eigenvalue weighted by atomic mass is 32.2. The van der Waals surface area contributed by atoms with Crippen molar-refractivity contribution in [2.24, 2.45) is 4.36 Å². The number of furan rings is 1. The zero-order valence-corrected chi connectivity index (χ0v) is 27.1. The van der Waals surface area contributed by atoms with E-state index in [-0.39, 0.29) is 0 Å². The maximum absolute atomic E-state index is 15.2. The Balaban J connectivity index is 1.19. The smallest absolute Gasteiger partial charge is 0.136 e. The molecule has 0 fully saturated rings. The first-order valence-corrected chi connectivity index (χ1v) is 17.8. The maximum atomic E-state index is 15.2. The van der Waals surface area contributed by atoms with Gasteiger partial charge < -0.3 is 8.98 Å². The minimum absolute atomic E-state index is 0.684. The molecule has 1 unspecified atom stereocenters. The van der Waals surface area contributed by atoms with E-state index < -0.39 is 9.73 Å². The summed E-state index contributed by atoms with van der Waals surface area (Å²) in [4.78, 5) is 1.37. The van der Waals surface area contributed by atoms with E-state index in [2.05, 4.69) is 95.6 Å². The lowest BCUT2D eigenvalue weighted by Gasteiger charge is -2.20. The van der Waals surface area contributed by atoms with Gasteiger partial charge in [-0.1, -0.05) is 97.1 Å². The predicted molar refractivity (Wildman–Crippen MR) is 203 cm³/mol. The monoisotopic (exact) mass is 648 g/mol. The molecule has 0 radical (unpaired) electrons. The molecule has 9 aromatic rings. The van der Waals surface area contributed by atoms with E-state index >= 15 is 4.21 Å². The topological polar surface area (TPSA) is 47.5 Å². The van der Waals surface area contributed by atoms with Crippen LogP contribution in [0.2, 0.25) is 0 Å². The van der Waals surface area contributed by atoms with Crippen molar-refractivity contribution >= 4 is 70.1 Å². The Labute approximate surface area is 283 Å². The Morgan fingerprint density at radius 1 is 0.551 bits per heavy atom. The minimum atomic E-state index is -3.00. The third-order valence-electron chi connectivity index (χ3n) is 9.59. The highest BCUT2D eigenvalue weighted by molar-refractivity contribution is 8.03. The SMILES string of the molecule is O=S1(c2ccccc2)=Nc2ccccc2C=C1c1cccc2oc3ccc(-c4ccc5c(c4)c4ccccc4n5-c4ccccc4)cc3c12. The Morgan fingerprint density at radius 2 is 1.24 bits per heavy atom. The highest BCUT2D eigenvalue weighted by Gasteiger charge is 2.28. The Bertz CT molecular complexity index is 2930. The summed E-state index contributed by atoms with van der Waals surface area (Å²) in [5, 5.41) is 4.32. The summed E-state index contributed by atoms with van der Waals surface area (Å²) in [6, 6.07) is 55.7. The molecule has 0 saturated heterocycles. The van der Waals surface area contributed by atoms with Crippen LogP contribution in [0, 0.1) is 0 Å². The normalized spacial score (nSPS) is 15.8. The van der Waals surface area contributed by atoms with Gasteiger partial charge >= 0.3 is 0 Å². The van der Waals surface area contributed by atoms with Gasteiger partial charge in [0.15, 0.2) is 0 Å². The second-order valence-corrected chi connectivity index (χ2v) is 14.6. The number of nitrogens with zero attached hydrogens (tertiary/aromatic N) is 2. The van der Waals surface area contributed by atoms with Crippen molar-refractivity contribution in [2.45, 2.75) is 4.90 Å². The predicted octanol–water partition coefficient (Wildman–Crippen LogP) is 12.0. The summed E-state index contributed by atoms with van der Waals surface area (Å²) in [6.45, 7) is 0. The molecule has 1 atom stereocenters. The van der Waals surface area contributed by atoms with Gasteiger partial charge in [-0.2, -0.15) is 4.36 Å². The molecule has 7 aromatic carbocycles. The van der Waals surface area contributed by atoms with Gasteiger partial charge in [0, 0.05) is 38.4 Å². The van der Waals surface area contributed by atoms with Crippen LogP contribution in [0.1, 0.15) is 11.1 Å². The van der Waals surface area contributed by atoms with Gasteiger partial charge in [0.05, 0.1) is 26.5 Å². The fourth-order valence-electron chi connectivity index (χ4n) is 7.33.